The Balaban J connectivity index is 2.40. The Hall–Kier alpha value is -2.49. The number of fused-ring (bicyclic) bond motifs is 1. The van der Waals surface area contributed by atoms with Crippen molar-refractivity contribution in [2.45, 2.75) is 27.7 Å². The largest absolute Gasteiger partial charge is 0.294 e. The fraction of sp³-hybridized carbons (Fsp3) is 0.235. The van der Waals surface area contributed by atoms with Crippen LogP contribution in [0.15, 0.2) is 30.3 Å². The highest BCUT2D eigenvalue weighted by molar-refractivity contribution is 5.96. The molecule has 0 fully saturated rings. The van der Waals surface area contributed by atoms with Gasteiger partial charge in [0.15, 0.2) is 11.4 Å². The van der Waals surface area contributed by atoms with E-state index < -0.39 is 0 Å². The quantitative estimate of drug-likeness (QED) is 0.674. The van der Waals surface area contributed by atoms with Crippen LogP contribution in [0.4, 0.5) is 0 Å². The van der Waals surface area contributed by atoms with Gasteiger partial charge in [-0.1, -0.05) is 30.3 Å². The average Bonchev–Trinajstić information content (AvgIpc) is 2.76. The minimum atomic E-state index is 0.0221. The molecule has 0 aliphatic heterocycles. The number of carbonyl (C=O) groups is 1. The molecule has 3 aromatic rings. The van der Waals surface area contributed by atoms with E-state index in [0.717, 1.165) is 33.9 Å². The normalized spacial score (nSPS) is 11.0. The predicted molar refractivity (Wildman–Crippen MR) is 82.6 cm³/mol. The predicted octanol–water partition coefficient (Wildman–Crippen LogP) is 3.52. The van der Waals surface area contributed by atoms with E-state index in [-0.39, 0.29) is 5.78 Å². The fourth-order valence-electron chi connectivity index (χ4n) is 2.89. The number of Topliss-reactive ketones (excluding diaryl/α,β-unsaturated/α-hetero) is 1. The lowest BCUT2D eigenvalue weighted by atomic mass is 10.1. The Kier molecular flexibility index (Phi) is 3.09. The Morgan fingerprint density at radius 3 is 2.33 bits per heavy atom. The monoisotopic (exact) mass is 279 g/mol. The molecule has 21 heavy (non-hydrogen) atoms. The summed E-state index contributed by atoms with van der Waals surface area (Å²) < 4.78 is 1.78. The molecular weight excluding hydrogens is 262 g/mol. The van der Waals surface area contributed by atoms with Gasteiger partial charge in [0.2, 0.25) is 0 Å². The first kappa shape index (κ1) is 13.5. The van der Waals surface area contributed by atoms with Gasteiger partial charge < -0.3 is 0 Å². The highest BCUT2D eigenvalue weighted by atomic mass is 16.1. The second-order valence-corrected chi connectivity index (χ2v) is 5.28. The van der Waals surface area contributed by atoms with E-state index in [2.05, 4.69) is 22.2 Å². The van der Waals surface area contributed by atoms with Gasteiger partial charge in [-0.15, -0.1) is 0 Å². The molecule has 0 radical (unpaired) electrons. The summed E-state index contributed by atoms with van der Waals surface area (Å²) in [4.78, 5) is 16.4. The van der Waals surface area contributed by atoms with Crippen LogP contribution in [0.25, 0.3) is 16.8 Å². The number of ketones is 1. The Labute approximate surface area is 123 Å². The molecule has 0 amide bonds. The zero-order valence-corrected chi connectivity index (χ0v) is 12.6. The third kappa shape index (κ3) is 2.03. The number of carbonyl (C=O) groups excluding carboxylic acids is 1. The Morgan fingerprint density at radius 1 is 1.05 bits per heavy atom. The summed E-state index contributed by atoms with van der Waals surface area (Å²) >= 11 is 0. The topological polar surface area (TPSA) is 47.3 Å². The summed E-state index contributed by atoms with van der Waals surface area (Å²) in [6.45, 7) is 7.33. The van der Waals surface area contributed by atoms with Gasteiger partial charge >= 0.3 is 0 Å². The lowest BCUT2D eigenvalue weighted by Gasteiger charge is -2.08. The summed E-state index contributed by atoms with van der Waals surface area (Å²) in [5, 5.41) is 4.58. The van der Waals surface area contributed by atoms with E-state index in [1.807, 2.05) is 39.0 Å². The molecule has 0 aliphatic carbocycles. The van der Waals surface area contributed by atoms with Crippen molar-refractivity contribution < 1.29 is 4.79 Å². The maximum absolute atomic E-state index is 11.8. The minimum absolute atomic E-state index is 0.0221. The van der Waals surface area contributed by atoms with Crippen molar-refractivity contribution in [3.05, 3.63) is 53.0 Å². The van der Waals surface area contributed by atoms with Gasteiger partial charge in [-0.3, -0.25) is 4.79 Å². The lowest BCUT2D eigenvalue weighted by Crippen LogP contribution is -2.09. The molecule has 0 N–H and O–H groups in total. The molecule has 4 nitrogen and oxygen atoms in total. The smallest absolute Gasteiger partial charge is 0.163 e. The summed E-state index contributed by atoms with van der Waals surface area (Å²) in [5.41, 5.74) is 6.09. The standard InChI is InChI=1S/C17H17N3O/c1-10-15(13(4)21)12(3)20-17(18-10)16(11(2)19-20)14-8-6-5-7-9-14/h5-9H,1-4H3. The van der Waals surface area contributed by atoms with Crippen LogP contribution in [-0.4, -0.2) is 20.4 Å². The summed E-state index contributed by atoms with van der Waals surface area (Å²) in [7, 11) is 0. The molecule has 1 aromatic carbocycles. The molecule has 106 valence electrons. The molecule has 2 heterocycles. The number of nitrogens with zero attached hydrogens (tertiary/aromatic N) is 3. The maximum Gasteiger partial charge on any atom is 0.163 e. The van der Waals surface area contributed by atoms with Gasteiger partial charge in [0.1, 0.15) is 0 Å². The summed E-state index contributed by atoms with van der Waals surface area (Å²) in [5.74, 6) is 0.0221. The van der Waals surface area contributed by atoms with Crippen molar-refractivity contribution in [2.24, 2.45) is 0 Å². The van der Waals surface area contributed by atoms with Crippen LogP contribution in [0.2, 0.25) is 0 Å². The van der Waals surface area contributed by atoms with Crippen LogP contribution in [0.1, 0.15) is 34.4 Å². The minimum Gasteiger partial charge on any atom is -0.294 e. The first-order valence-electron chi connectivity index (χ1n) is 6.93. The molecule has 0 aliphatic rings. The van der Waals surface area contributed by atoms with Crippen molar-refractivity contribution >= 4 is 11.4 Å². The molecule has 3 rings (SSSR count). The molecular formula is C17H17N3O. The first-order valence-corrected chi connectivity index (χ1v) is 6.93. The number of aromatic nitrogens is 3. The SMILES string of the molecule is CC(=O)c1c(C)nc2c(-c3ccccc3)c(C)nn2c1C. The molecule has 2 aromatic heterocycles. The van der Waals surface area contributed by atoms with E-state index in [9.17, 15) is 4.79 Å². The van der Waals surface area contributed by atoms with E-state index >= 15 is 0 Å². The average molecular weight is 279 g/mol. The van der Waals surface area contributed by atoms with Gasteiger partial charge in [-0.2, -0.15) is 5.10 Å². The van der Waals surface area contributed by atoms with Crippen LogP contribution < -0.4 is 0 Å². The van der Waals surface area contributed by atoms with E-state index in [1.54, 1.807) is 11.4 Å². The second kappa shape index (κ2) is 4.81. The number of rotatable bonds is 2. The van der Waals surface area contributed by atoms with Crippen molar-refractivity contribution in [2.75, 3.05) is 0 Å². The van der Waals surface area contributed by atoms with Crippen molar-refractivity contribution in [3.8, 4) is 11.1 Å². The molecule has 0 atom stereocenters. The van der Waals surface area contributed by atoms with E-state index in [4.69, 9.17) is 0 Å². The second-order valence-electron chi connectivity index (χ2n) is 5.28. The Morgan fingerprint density at radius 2 is 1.71 bits per heavy atom. The first-order chi connectivity index (χ1) is 10.0. The van der Waals surface area contributed by atoms with Gasteiger partial charge in [0.05, 0.1) is 22.6 Å². The molecule has 4 heteroatoms. The lowest BCUT2D eigenvalue weighted by molar-refractivity contribution is 0.101. The van der Waals surface area contributed by atoms with Crippen LogP contribution in [0, 0.1) is 20.8 Å². The summed E-state index contributed by atoms with van der Waals surface area (Å²) in [6.07, 6.45) is 0. The van der Waals surface area contributed by atoms with Gasteiger partial charge in [-0.05, 0) is 33.3 Å². The molecule has 0 saturated heterocycles. The van der Waals surface area contributed by atoms with E-state index in [0.29, 0.717) is 5.56 Å². The Bertz CT molecular complexity index is 848. The molecule has 0 spiro atoms. The van der Waals surface area contributed by atoms with E-state index in [1.165, 1.54) is 0 Å². The van der Waals surface area contributed by atoms with Crippen LogP contribution >= 0.6 is 0 Å². The van der Waals surface area contributed by atoms with Crippen LogP contribution in [0.3, 0.4) is 0 Å². The number of hydrogen-bond donors (Lipinski definition) is 0. The third-order valence-corrected chi connectivity index (χ3v) is 3.77. The zero-order valence-electron chi connectivity index (χ0n) is 12.6. The van der Waals surface area contributed by atoms with Gasteiger partial charge in [0, 0.05) is 5.56 Å². The number of aryl methyl sites for hydroxylation is 3. The summed E-state index contributed by atoms with van der Waals surface area (Å²) in [6, 6.07) is 10.1. The van der Waals surface area contributed by atoms with Crippen molar-refractivity contribution in [3.63, 3.8) is 0 Å². The molecule has 0 unspecified atom stereocenters. The van der Waals surface area contributed by atoms with Gasteiger partial charge in [-0.25, -0.2) is 9.50 Å². The van der Waals surface area contributed by atoms with Gasteiger partial charge in [0.25, 0.3) is 0 Å². The number of hydrogen-bond acceptors (Lipinski definition) is 3. The molecule has 0 bridgehead atoms. The zero-order chi connectivity index (χ0) is 15.1. The molecule has 0 saturated carbocycles. The van der Waals surface area contributed by atoms with Crippen LogP contribution in [-0.2, 0) is 0 Å². The highest BCUT2D eigenvalue weighted by Crippen LogP contribution is 2.28. The maximum atomic E-state index is 11.8. The highest BCUT2D eigenvalue weighted by Gasteiger charge is 2.19. The third-order valence-electron chi connectivity index (χ3n) is 3.77. The van der Waals surface area contributed by atoms with Crippen molar-refractivity contribution in [1.29, 1.82) is 0 Å². The van der Waals surface area contributed by atoms with Crippen molar-refractivity contribution in [1.82, 2.24) is 14.6 Å². The number of benzene rings is 1. The fourth-order valence-corrected chi connectivity index (χ4v) is 2.89. The van der Waals surface area contributed by atoms with Crippen LogP contribution in [0.5, 0.6) is 0 Å².